The Bertz CT molecular complexity index is 149. The summed E-state index contributed by atoms with van der Waals surface area (Å²) in [4.78, 5) is 0. The van der Waals surface area contributed by atoms with E-state index in [4.69, 9.17) is 0 Å². The molecule has 1 nitrogen and oxygen atoms in total. The Kier molecular flexibility index (Phi) is 2.14. The zero-order chi connectivity index (χ0) is 7.72. The minimum atomic E-state index is -0.191. The van der Waals surface area contributed by atoms with E-state index in [2.05, 4.69) is 19.9 Å². The molecule has 1 N–H and O–H groups in total. The van der Waals surface area contributed by atoms with E-state index in [-0.39, 0.29) is 6.10 Å². The van der Waals surface area contributed by atoms with Crippen molar-refractivity contribution < 1.29 is 5.11 Å². The highest BCUT2D eigenvalue weighted by molar-refractivity contribution is 5.10. The third kappa shape index (κ3) is 1.24. The van der Waals surface area contributed by atoms with Gasteiger partial charge in [-0.05, 0) is 30.8 Å². The van der Waals surface area contributed by atoms with Crippen molar-refractivity contribution in [2.24, 2.45) is 11.8 Å². The van der Waals surface area contributed by atoms with Crippen molar-refractivity contribution in [1.82, 2.24) is 0 Å². The summed E-state index contributed by atoms with van der Waals surface area (Å²) in [5.41, 5.74) is 1.14. The molecule has 1 aliphatic rings. The second-order valence-corrected chi connectivity index (χ2v) is 3.47. The third-order valence-corrected chi connectivity index (χ3v) is 2.67. The van der Waals surface area contributed by atoms with Gasteiger partial charge in [0, 0.05) is 0 Å². The van der Waals surface area contributed by atoms with Gasteiger partial charge in [0.15, 0.2) is 0 Å². The van der Waals surface area contributed by atoms with Crippen LogP contribution in [-0.2, 0) is 0 Å². The maximum absolute atomic E-state index is 9.55. The minimum absolute atomic E-state index is 0.191. The molecule has 0 aromatic heterocycles. The molecule has 0 radical (unpaired) electrons. The van der Waals surface area contributed by atoms with Gasteiger partial charge >= 0.3 is 0 Å². The Morgan fingerprint density at radius 3 is 2.60 bits per heavy atom. The van der Waals surface area contributed by atoms with Gasteiger partial charge in [-0.1, -0.05) is 19.9 Å². The smallest absolute Gasteiger partial charge is 0.0775 e. The Labute approximate surface area is 62.8 Å². The van der Waals surface area contributed by atoms with Crippen molar-refractivity contribution in [3.63, 3.8) is 0 Å². The number of allylic oxidation sites excluding steroid dienone is 1. The maximum Gasteiger partial charge on any atom is 0.0775 e. The monoisotopic (exact) mass is 140 g/mol. The topological polar surface area (TPSA) is 20.2 Å². The summed E-state index contributed by atoms with van der Waals surface area (Å²) >= 11 is 0. The van der Waals surface area contributed by atoms with Crippen LogP contribution in [0.15, 0.2) is 11.6 Å². The molecule has 0 fully saturated rings. The average molecular weight is 140 g/mol. The molecule has 1 aliphatic carbocycles. The highest BCUT2D eigenvalue weighted by Gasteiger charge is 2.24. The first-order valence-corrected chi connectivity index (χ1v) is 3.97. The molecule has 0 saturated heterocycles. The number of hydrogen-bond acceptors (Lipinski definition) is 1. The first-order valence-electron chi connectivity index (χ1n) is 3.97. The van der Waals surface area contributed by atoms with Gasteiger partial charge in [0.25, 0.3) is 0 Å². The van der Waals surface area contributed by atoms with E-state index < -0.39 is 0 Å². The van der Waals surface area contributed by atoms with Gasteiger partial charge in [0.1, 0.15) is 0 Å². The highest BCUT2D eigenvalue weighted by atomic mass is 16.3. The largest absolute Gasteiger partial charge is 0.388 e. The third-order valence-electron chi connectivity index (χ3n) is 2.67. The quantitative estimate of drug-likeness (QED) is 0.510. The number of aliphatic hydroxyl groups is 1. The molecule has 0 heterocycles. The van der Waals surface area contributed by atoms with Crippen molar-refractivity contribution in [3.05, 3.63) is 11.6 Å². The molecule has 0 bridgehead atoms. The van der Waals surface area contributed by atoms with Crippen LogP contribution in [-0.4, -0.2) is 11.2 Å². The molecular weight excluding hydrogens is 124 g/mol. The lowest BCUT2D eigenvalue weighted by molar-refractivity contribution is 0.109. The molecule has 0 spiro atoms. The SMILES string of the molecule is CC1=CC[C@@H](C)[C@H](C)[C@H]1O. The molecule has 0 unspecified atom stereocenters. The van der Waals surface area contributed by atoms with E-state index in [1.807, 2.05) is 6.92 Å². The average Bonchev–Trinajstić information content (AvgIpc) is 1.93. The Balaban J connectivity index is 2.71. The van der Waals surface area contributed by atoms with E-state index in [0.29, 0.717) is 11.8 Å². The standard InChI is InChI=1S/C9H16O/c1-6-4-5-7(2)9(10)8(6)3/h5-6,8-10H,4H2,1-3H3/t6-,8+,9+/m1/s1. The van der Waals surface area contributed by atoms with E-state index >= 15 is 0 Å². The van der Waals surface area contributed by atoms with Gasteiger partial charge in [0.05, 0.1) is 6.10 Å². The van der Waals surface area contributed by atoms with E-state index in [1.54, 1.807) is 0 Å². The fraction of sp³-hybridized carbons (Fsp3) is 0.778. The van der Waals surface area contributed by atoms with E-state index in [0.717, 1.165) is 12.0 Å². The maximum atomic E-state index is 9.55. The molecule has 0 saturated carbocycles. The molecule has 0 aromatic rings. The van der Waals surface area contributed by atoms with Crippen LogP contribution < -0.4 is 0 Å². The Morgan fingerprint density at radius 2 is 2.10 bits per heavy atom. The summed E-state index contributed by atoms with van der Waals surface area (Å²) in [7, 11) is 0. The van der Waals surface area contributed by atoms with Gasteiger partial charge in [0.2, 0.25) is 0 Å². The first-order chi connectivity index (χ1) is 4.63. The van der Waals surface area contributed by atoms with E-state index in [9.17, 15) is 5.11 Å². The zero-order valence-corrected chi connectivity index (χ0v) is 6.96. The van der Waals surface area contributed by atoms with Crippen LogP contribution in [0, 0.1) is 11.8 Å². The fourth-order valence-corrected chi connectivity index (χ4v) is 1.43. The first kappa shape index (κ1) is 7.80. The summed E-state index contributed by atoms with van der Waals surface area (Å²) in [5.74, 6) is 1.07. The number of rotatable bonds is 0. The Hall–Kier alpha value is -0.300. The van der Waals surface area contributed by atoms with Gasteiger partial charge in [-0.2, -0.15) is 0 Å². The zero-order valence-electron chi connectivity index (χ0n) is 6.96. The van der Waals surface area contributed by atoms with Gasteiger partial charge in [-0.15, -0.1) is 0 Å². The second kappa shape index (κ2) is 2.75. The lowest BCUT2D eigenvalue weighted by Gasteiger charge is -2.29. The predicted molar refractivity (Wildman–Crippen MR) is 42.7 cm³/mol. The molecule has 3 atom stereocenters. The molecule has 10 heavy (non-hydrogen) atoms. The fourth-order valence-electron chi connectivity index (χ4n) is 1.43. The van der Waals surface area contributed by atoms with Crippen LogP contribution in [0.25, 0.3) is 0 Å². The number of aliphatic hydroxyl groups excluding tert-OH is 1. The van der Waals surface area contributed by atoms with Crippen LogP contribution in [0.4, 0.5) is 0 Å². The summed E-state index contributed by atoms with van der Waals surface area (Å²) in [6.07, 6.45) is 3.09. The molecule has 0 aliphatic heterocycles. The van der Waals surface area contributed by atoms with Crippen LogP contribution in [0.1, 0.15) is 27.2 Å². The molecule has 1 rings (SSSR count). The highest BCUT2D eigenvalue weighted by Crippen LogP contribution is 2.28. The van der Waals surface area contributed by atoms with Crippen molar-refractivity contribution in [2.45, 2.75) is 33.3 Å². The van der Waals surface area contributed by atoms with Crippen LogP contribution >= 0.6 is 0 Å². The Morgan fingerprint density at radius 1 is 1.50 bits per heavy atom. The van der Waals surface area contributed by atoms with Crippen molar-refractivity contribution in [3.8, 4) is 0 Å². The molecule has 0 aromatic carbocycles. The minimum Gasteiger partial charge on any atom is -0.388 e. The number of hydrogen-bond donors (Lipinski definition) is 1. The molecule has 58 valence electrons. The van der Waals surface area contributed by atoms with Crippen LogP contribution in [0.5, 0.6) is 0 Å². The van der Waals surface area contributed by atoms with E-state index in [1.165, 1.54) is 0 Å². The summed E-state index contributed by atoms with van der Waals surface area (Å²) in [6, 6.07) is 0. The van der Waals surface area contributed by atoms with Gasteiger partial charge in [-0.25, -0.2) is 0 Å². The lowest BCUT2D eigenvalue weighted by atomic mass is 9.80. The van der Waals surface area contributed by atoms with Crippen molar-refractivity contribution >= 4 is 0 Å². The summed E-state index contributed by atoms with van der Waals surface area (Å²) < 4.78 is 0. The second-order valence-electron chi connectivity index (χ2n) is 3.47. The predicted octanol–water partition coefficient (Wildman–Crippen LogP) is 1.97. The lowest BCUT2D eigenvalue weighted by Crippen LogP contribution is -2.28. The van der Waals surface area contributed by atoms with Gasteiger partial charge < -0.3 is 5.11 Å². The summed E-state index contributed by atoms with van der Waals surface area (Å²) in [5, 5.41) is 9.55. The summed E-state index contributed by atoms with van der Waals surface area (Å²) in [6.45, 7) is 6.32. The molecular formula is C9H16O. The normalized spacial score (nSPS) is 41.2. The van der Waals surface area contributed by atoms with Gasteiger partial charge in [-0.3, -0.25) is 0 Å². The van der Waals surface area contributed by atoms with Crippen molar-refractivity contribution in [1.29, 1.82) is 0 Å². The van der Waals surface area contributed by atoms with Crippen LogP contribution in [0.3, 0.4) is 0 Å². The van der Waals surface area contributed by atoms with Crippen LogP contribution in [0.2, 0.25) is 0 Å². The molecule has 1 heteroatoms. The molecule has 0 amide bonds. The van der Waals surface area contributed by atoms with Crippen molar-refractivity contribution in [2.75, 3.05) is 0 Å².